The Morgan fingerprint density at radius 2 is 1.65 bits per heavy atom. The monoisotopic (exact) mass is 318 g/mol. The summed E-state index contributed by atoms with van der Waals surface area (Å²) in [7, 11) is 2.21. The van der Waals surface area contributed by atoms with E-state index < -0.39 is 0 Å². The summed E-state index contributed by atoms with van der Waals surface area (Å²) in [4.78, 5) is 5.01. The molecule has 1 aliphatic heterocycles. The van der Waals surface area contributed by atoms with Gasteiger partial charge in [-0.25, -0.2) is 0 Å². The van der Waals surface area contributed by atoms with Gasteiger partial charge in [-0.15, -0.1) is 0 Å². The lowest BCUT2D eigenvalue weighted by molar-refractivity contribution is 0.153. The number of unbranched alkanes of at least 4 members (excludes halogenated alkanes) is 3. The Morgan fingerprint density at radius 3 is 2.35 bits per heavy atom. The zero-order chi connectivity index (χ0) is 16.3. The van der Waals surface area contributed by atoms with Crippen LogP contribution >= 0.6 is 0 Å². The Balaban J connectivity index is 1.59. The van der Waals surface area contributed by atoms with Crippen molar-refractivity contribution < 1.29 is 4.74 Å². The Labute approximate surface area is 142 Å². The zero-order valence-corrected chi connectivity index (χ0v) is 15.1. The van der Waals surface area contributed by atoms with Crippen molar-refractivity contribution in [1.29, 1.82) is 0 Å². The van der Waals surface area contributed by atoms with Crippen molar-refractivity contribution in [3.63, 3.8) is 0 Å². The van der Waals surface area contributed by atoms with E-state index in [2.05, 4.69) is 48.0 Å². The van der Waals surface area contributed by atoms with E-state index in [1.54, 1.807) is 0 Å². The fourth-order valence-corrected chi connectivity index (χ4v) is 3.05. The molecule has 0 saturated carbocycles. The molecular weight excluding hydrogens is 284 g/mol. The lowest BCUT2D eigenvalue weighted by Crippen LogP contribution is -2.44. The SMILES string of the molecule is CCCCCCOc1ccc(CCCN2CCN(C)CC2)cc1. The van der Waals surface area contributed by atoms with Crippen molar-refractivity contribution in [2.24, 2.45) is 0 Å². The van der Waals surface area contributed by atoms with E-state index in [1.807, 2.05) is 0 Å². The van der Waals surface area contributed by atoms with E-state index in [-0.39, 0.29) is 0 Å². The van der Waals surface area contributed by atoms with Crippen LogP contribution in [-0.4, -0.2) is 56.2 Å². The second-order valence-electron chi connectivity index (χ2n) is 6.80. The summed E-state index contributed by atoms with van der Waals surface area (Å²) in [6.45, 7) is 9.19. The maximum atomic E-state index is 5.80. The van der Waals surface area contributed by atoms with Gasteiger partial charge in [-0.2, -0.15) is 0 Å². The molecule has 3 nitrogen and oxygen atoms in total. The van der Waals surface area contributed by atoms with Crippen LogP contribution in [-0.2, 0) is 6.42 Å². The van der Waals surface area contributed by atoms with E-state index >= 15 is 0 Å². The quantitative estimate of drug-likeness (QED) is 0.610. The summed E-state index contributed by atoms with van der Waals surface area (Å²) in [5.74, 6) is 1.02. The first-order chi connectivity index (χ1) is 11.3. The Bertz CT molecular complexity index is 410. The second kappa shape index (κ2) is 10.7. The third-order valence-corrected chi connectivity index (χ3v) is 4.73. The molecule has 1 saturated heterocycles. The molecule has 0 aromatic heterocycles. The predicted octanol–water partition coefficient (Wildman–Crippen LogP) is 3.83. The van der Waals surface area contributed by atoms with Crippen molar-refractivity contribution in [1.82, 2.24) is 9.80 Å². The van der Waals surface area contributed by atoms with Crippen molar-refractivity contribution in [2.45, 2.75) is 45.4 Å². The van der Waals surface area contributed by atoms with Gasteiger partial charge in [-0.3, -0.25) is 0 Å². The van der Waals surface area contributed by atoms with Crippen molar-refractivity contribution >= 4 is 0 Å². The number of nitrogens with zero attached hydrogens (tertiary/aromatic N) is 2. The first-order valence-corrected chi connectivity index (χ1v) is 9.40. The average molecular weight is 319 g/mol. The predicted molar refractivity (Wildman–Crippen MR) is 98.3 cm³/mol. The van der Waals surface area contributed by atoms with E-state index in [9.17, 15) is 0 Å². The highest BCUT2D eigenvalue weighted by Gasteiger charge is 2.12. The summed E-state index contributed by atoms with van der Waals surface area (Å²) in [5.41, 5.74) is 1.43. The smallest absolute Gasteiger partial charge is 0.119 e. The molecule has 1 aliphatic rings. The van der Waals surface area contributed by atoms with E-state index in [4.69, 9.17) is 4.74 Å². The van der Waals surface area contributed by atoms with Crippen LogP contribution in [0.3, 0.4) is 0 Å². The van der Waals surface area contributed by atoms with Gasteiger partial charge in [0.05, 0.1) is 6.61 Å². The molecule has 1 heterocycles. The van der Waals surface area contributed by atoms with Gasteiger partial charge in [0, 0.05) is 26.2 Å². The highest BCUT2D eigenvalue weighted by molar-refractivity contribution is 5.27. The van der Waals surface area contributed by atoms with Crippen LogP contribution in [0.4, 0.5) is 0 Å². The van der Waals surface area contributed by atoms with Gasteiger partial charge >= 0.3 is 0 Å². The number of hydrogen-bond donors (Lipinski definition) is 0. The number of piperazine rings is 1. The second-order valence-corrected chi connectivity index (χ2v) is 6.80. The Hall–Kier alpha value is -1.06. The summed E-state index contributed by atoms with van der Waals surface area (Å²) >= 11 is 0. The number of aryl methyl sites for hydroxylation is 1. The molecule has 0 radical (unpaired) electrons. The normalized spacial score (nSPS) is 16.6. The molecule has 0 amide bonds. The number of benzene rings is 1. The maximum Gasteiger partial charge on any atom is 0.119 e. The number of hydrogen-bond acceptors (Lipinski definition) is 3. The molecule has 1 fully saturated rings. The van der Waals surface area contributed by atoms with Crippen LogP contribution in [0.15, 0.2) is 24.3 Å². The van der Waals surface area contributed by atoms with Crippen molar-refractivity contribution in [2.75, 3.05) is 46.4 Å². The summed E-state index contributed by atoms with van der Waals surface area (Å²) < 4.78 is 5.80. The molecule has 0 atom stereocenters. The number of rotatable bonds is 10. The standard InChI is InChI=1S/C20H34N2O/c1-3-4-5-6-18-23-20-11-9-19(10-12-20)8-7-13-22-16-14-21(2)15-17-22/h9-12H,3-8,13-18H2,1-2H3. The maximum absolute atomic E-state index is 5.80. The largest absolute Gasteiger partial charge is 0.494 e. The molecule has 2 rings (SSSR count). The van der Waals surface area contributed by atoms with E-state index in [1.165, 1.54) is 76.8 Å². The van der Waals surface area contributed by atoms with E-state index in [0.29, 0.717) is 0 Å². The molecule has 1 aromatic carbocycles. The van der Waals surface area contributed by atoms with Gasteiger partial charge in [0.25, 0.3) is 0 Å². The van der Waals surface area contributed by atoms with Crippen LogP contribution in [0, 0.1) is 0 Å². The van der Waals surface area contributed by atoms with Gasteiger partial charge in [0.1, 0.15) is 5.75 Å². The molecule has 0 N–H and O–H groups in total. The zero-order valence-electron chi connectivity index (χ0n) is 15.1. The van der Waals surface area contributed by atoms with Gasteiger partial charge in [0.15, 0.2) is 0 Å². The fourth-order valence-electron chi connectivity index (χ4n) is 3.05. The molecule has 3 heteroatoms. The lowest BCUT2D eigenvalue weighted by Gasteiger charge is -2.32. The van der Waals surface area contributed by atoms with Gasteiger partial charge < -0.3 is 14.5 Å². The van der Waals surface area contributed by atoms with Gasteiger partial charge in [-0.1, -0.05) is 38.3 Å². The molecule has 23 heavy (non-hydrogen) atoms. The first-order valence-electron chi connectivity index (χ1n) is 9.40. The third-order valence-electron chi connectivity index (χ3n) is 4.73. The van der Waals surface area contributed by atoms with Crippen molar-refractivity contribution in [3.8, 4) is 5.75 Å². The molecule has 0 bridgehead atoms. The topological polar surface area (TPSA) is 15.7 Å². The Kier molecular flexibility index (Phi) is 8.48. The third kappa shape index (κ3) is 7.36. The highest BCUT2D eigenvalue weighted by Crippen LogP contribution is 2.14. The molecule has 0 aliphatic carbocycles. The molecule has 0 unspecified atom stereocenters. The minimum atomic E-state index is 0.850. The van der Waals surface area contributed by atoms with Crippen LogP contribution in [0.1, 0.15) is 44.6 Å². The summed E-state index contributed by atoms with van der Waals surface area (Å²) in [5, 5.41) is 0. The van der Waals surface area contributed by atoms with Gasteiger partial charge in [0.2, 0.25) is 0 Å². The minimum absolute atomic E-state index is 0.850. The summed E-state index contributed by atoms with van der Waals surface area (Å²) in [6.07, 6.45) is 7.46. The highest BCUT2D eigenvalue weighted by atomic mass is 16.5. The molecule has 0 spiro atoms. The van der Waals surface area contributed by atoms with Crippen LogP contribution in [0.5, 0.6) is 5.75 Å². The van der Waals surface area contributed by atoms with Crippen LogP contribution < -0.4 is 4.74 Å². The Morgan fingerprint density at radius 1 is 0.913 bits per heavy atom. The fraction of sp³-hybridized carbons (Fsp3) is 0.700. The van der Waals surface area contributed by atoms with Crippen LogP contribution in [0.25, 0.3) is 0 Å². The van der Waals surface area contributed by atoms with E-state index in [0.717, 1.165) is 12.4 Å². The molecular formula is C20H34N2O. The summed E-state index contributed by atoms with van der Waals surface area (Å²) in [6, 6.07) is 8.72. The minimum Gasteiger partial charge on any atom is -0.494 e. The molecule has 1 aromatic rings. The average Bonchev–Trinajstić information content (AvgIpc) is 2.58. The number of likely N-dealkylation sites (N-methyl/N-ethyl adjacent to an activating group) is 1. The van der Waals surface area contributed by atoms with Crippen molar-refractivity contribution in [3.05, 3.63) is 29.8 Å². The lowest BCUT2D eigenvalue weighted by atomic mass is 10.1. The molecule has 130 valence electrons. The first kappa shape index (κ1) is 18.3. The number of ether oxygens (including phenoxy) is 1. The van der Waals surface area contributed by atoms with Gasteiger partial charge in [-0.05, 0) is 50.6 Å². The van der Waals surface area contributed by atoms with Crippen LogP contribution in [0.2, 0.25) is 0 Å².